The molecule has 0 atom stereocenters. The second-order valence-electron chi connectivity index (χ2n) is 4.08. The Morgan fingerprint density at radius 1 is 1.15 bits per heavy atom. The van der Waals surface area contributed by atoms with Crippen LogP contribution < -0.4 is 14.8 Å². The fourth-order valence-corrected chi connectivity index (χ4v) is 2.12. The lowest BCUT2D eigenvalue weighted by Gasteiger charge is -2.10. The van der Waals surface area contributed by atoms with E-state index in [-0.39, 0.29) is 5.82 Å². The molecule has 0 heterocycles. The molecule has 0 spiro atoms. The molecular formula is C15H15BrFNO2. The summed E-state index contributed by atoms with van der Waals surface area (Å²) < 4.78 is 24.3. The maximum Gasteiger partial charge on any atom is 0.133 e. The number of nitrogens with one attached hydrogen (secondary N) is 1. The molecule has 1 N–H and O–H groups in total. The van der Waals surface area contributed by atoms with E-state index in [4.69, 9.17) is 9.47 Å². The Kier molecular flexibility index (Phi) is 5.24. The number of anilines is 1. The molecular weight excluding hydrogens is 325 g/mol. The summed E-state index contributed by atoms with van der Waals surface area (Å²) in [6.45, 7) is 1.13. The minimum Gasteiger partial charge on any atom is -0.497 e. The summed E-state index contributed by atoms with van der Waals surface area (Å²) in [7, 11) is 1.62. The van der Waals surface area contributed by atoms with Gasteiger partial charge in [0.05, 0.1) is 11.6 Å². The van der Waals surface area contributed by atoms with Crippen molar-refractivity contribution in [3.8, 4) is 11.5 Å². The van der Waals surface area contributed by atoms with Crippen LogP contribution in [0.5, 0.6) is 11.5 Å². The minimum atomic E-state index is -0.242. The smallest absolute Gasteiger partial charge is 0.133 e. The molecule has 0 aliphatic carbocycles. The minimum absolute atomic E-state index is 0.242. The van der Waals surface area contributed by atoms with E-state index in [0.29, 0.717) is 13.2 Å². The van der Waals surface area contributed by atoms with Crippen LogP contribution in [0.25, 0.3) is 0 Å². The Balaban J connectivity index is 1.79. The first-order valence-electron chi connectivity index (χ1n) is 6.15. The molecule has 0 bridgehead atoms. The van der Waals surface area contributed by atoms with Crippen molar-refractivity contribution in [3.63, 3.8) is 0 Å². The summed E-state index contributed by atoms with van der Waals surface area (Å²) in [5.74, 6) is 1.29. The van der Waals surface area contributed by atoms with Crippen LogP contribution in [0.1, 0.15) is 0 Å². The summed E-state index contributed by atoms with van der Waals surface area (Å²) in [4.78, 5) is 0. The van der Waals surface area contributed by atoms with Gasteiger partial charge in [-0.1, -0.05) is 0 Å². The van der Waals surface area contributed by atoms with Gasteiger partial charge in [-0.05, 0) is 58.4 Å². The molecule has 0 saturated heterocycles. The van der Waals surface area contributed by atoms with Gasteiger partial charge in [0.2, 0.25) is 0 Å². The first-order chi connectivity index (χ1) is 9.69. The fraction of sp³-hybridized carbons (Fsp3) is 0.200. The molecule has 0 radical (unpaired) electrons. The van der Waals surface area contributed by atoms with E-state index in [1.165, 1.54) is 12.1 Å². The van der Waals surface area contributed by atoms with Gasteiger partial charge < -0.3 is 14.8 Å². The number of hydrogen-bond acceptors (Lipinski definition) is 3. The molecule has 2 aromatic carbocycles. The fourth-order valence-electron chi connectivity index (χ4n) is 1.65. The molecule has 0 amide bonds. The first kappa shape index (κ1) is 14.7. The topological polar surface area (TPSA) is 30.5 Å². The van der Waals surface area contributed by atoms with Crippen LogP contribution in [-0.2, 0) is 0 Å². The third-order valence-electron chi connectivity index (χ3n) is 2.67. The van der Waals surface area contributed by atoms with Gasteiger partial charge in [0.15, 0.2) is 0 Å². The van der Waals surface area contributed by atoms with Crippen molar-refractivity contribution in [2.45, 2.75) is 0 Å². The standard InChI is InChI=1S/C15H15BrFNO2/c1-19-13-6-7-15(14(16)10-13)20-9-8-18-12-4-2-11(17)3-5-12/h2-7,10,18H,8-9H2,1H3. The Hall–Kier alpha value is -1.75. The average molecular weight is 340 g/mol. The zero-order valence-electron chi connectivity index (χ0n) is 11.0. The highest BCUT2D eigenvalue weighted by Crippen LogP contribution is 2.28. The Bertz CT molecular complexity index is 560. The third kappa shape index (κ3) is 4.13. The van der Waals surface area contributed by atoms with E-state index < -0.39 is 0 Å². The van der Waals surface area contributed by atoms with E-state index in [1.807, 2.05) is 18.2 Å². The predicted octanol–water partition coefficient (Wildman–Crippen LogP) is 4.09. The van der Waals surface area contributed by atoms with Gasteiger partial charge in [0.1, 0.15) is 23.9 Å². The van der Waals surface area contributed by atoms with Crippen molar-refractivity contribution < 1.29 is 13.9 Å². The van der Waals surface area contributed by atoms with E-state index in [2.05, 4.69) is 21.2 Å². The number of rotatable bonds is 6. The van der Waals surface area contributed by atoms with Gasteiger partial charge in [-0.2, -0.15) is 0 Å². The Labute approximate surface area is 125 Å². The first-order valence-corrected chi connectivity index (χ1v) is 6.94. The van der Waals surface area contributed by atoms with Crippen molar-refractivity contribution >= 4 is 21.6 Å². The normalized spacial score (nSPS) is 10.2. The molecule has 0 aromatic heterocycles. The van der Waals surface area contributed by atoms with Crippen LogP contribution in [0.3, 0.4) is 0 Å². The van der Waals surface area contributed by atoms with Crippen molar-refractivity contribution in [2.24, 2.45) is 0 Å². The van der Waals surface area contributed by atoms with Crippen LogP contribution in [0.15, 0.2) is 46.9 Å². The van der Waals surface area contributed by atoms with E-state index >= 15 is 0 Å². The summed E-state index contributed by atoms with van der Waals surface area (Å²) in [6, 6.07) is 11.8. The molecule has 0 saturated carbocycles. The zero-order valence-corrected chi connectivity index (χ0v) is 12.6. The van der Waals surface area contributed by atoms with Crippen LogP contribution in [0, 0.1) is 5.82 Å². The lowest BCUT2D eigenvalue weighted by molar-refractivity contribution is 0.329. The molecule has 3 nitrogen and oxygen atoms in total. The molecule has 0 aliphatic rings. The number of halogens is 2. The summed E-state index contributed by atoms with van der Waals surface area (Å²) >= 11 is 3.43. The second-order valence-corrected chi connectivity index (χ2v) is 4.93. The molecule has 5 heteroatoms. The van der Waals surface area contributed by atoms with Crippen molar-refractivity contribution in [3.05, 3.63) is 52.8 Å². The third-order valence-corrected chi connectivity index (χ3v) is 3.29. The second kappa shape index (κ2) is 7.14. The highest BCUT2D eigenvalue weighted by atomic mass is 79.9. The highest BCUT2D eigenvalue weighted by Gasteiger charge is 2.02. The van der Waals surface area contributed by atoms with E-state index in [0.717, 1.165) is 21.7 Å². The van der Waals surface area contributed by atoms with Crippen LogP contribution >= 0.6 is 15.9 Å². The average Bonchev–Trinajstić information content (AvgIpc) is 2.46. The Morgan fingerprint density at radius 3 is 2.55 bits per heavy atom. The molecule has 20 heavy (non-hydrogen) atoms. The van der Waals surface area contributed by atoms with Crippen LogP contribution in [0.2, 0.25) is 0 Å². The highest BCUT2D eigenvalue weighted by molar-refractivity contribution is 9.10. The van der Waals surface area contributed by atoms with E-state index in [1.54, 1.807) is 19.2 Å². The maximum atomic E-state index is 12.7. The van der Waals surface area contributed by atoms with E-state index in [9.17, 15) is 4.39 Å². The molecule has 0 aliphatic heterocycles. The number of methoxy groups -OCH3 is 1. The largest absolute Gasteiger partial charge is 0.497 e. The molecule has 2 rings (SSSR count). The lowest BCUT2D eigenvalue weighted by Crippen LogP contribution is -2.11. The zero-order chi connectivity index (χ0) is 14.4. The number of benzene rings is 2. The summed E-state index contributed by atoms with van der Waals surface area (Å²) in [5.41, 5.74) is 0.865. The maximum absolute atomic E-state index is 12.7. The Morgan fingerprint density at radius 2 is 1.90 bits per heavy atom. The van der Waals surface area contributed by atoms with Gasteiger partial charge in [-0.25, -0.2) is 4.39 Å². The molecule has 2 aromatic rings. The van der Waals surface area contributed by atoms with Gasteiger partial charge >= 0.3 is 0 Å². The molecule has 0 fully saturated rings. The summed E-state index contributed by atoms with van der Waals surface area (Å²) in [6.07, 6.45) is 0. The summed E-state index contributed by atoms with van der Waals surface area (Å²) in [5, 5.41) is 3.15. The number of ether oxygens (including phenoxy) is 2. The van der Waals surface area contributed by atoms with Crippen molar-refractivity contribution in [1.82, 2.24) is 0 Å². The quantitative estimate of drug-likeness (QED) is 0.804. The molecule has 106 valence electrons. The van der Waals surface area contributed by atoms with Crippen LogP contribution in [-0.4, -0.2) is 20.3 Å². The van der Waals surface area contributed by atoms with Crippen LogP contribution in [0.4, 0.5) is 10.1 Å². The van der Waals surface area contributed by atoms with Gasteiger partial charge in [-0.3, -0.25) is 0 Å². The van der Waals surface area contributed by atoms with Gasteiger partial charge in [0.25, 0.3) is 0 Å². The monoisotopic (exact) mass is 339 g/mol. The van der Waals surface area contributed by atoms with Crippen molar-refractivity contribution in [2.75, 3.05) is 25.6 Å². The number of hydrogen-bond donors (Lipinski definition) is 1. The SMILES string of the molecule is COc1ccc(OCCNc2ccc(F)cc2)c(Br)c1. The lowest BCUT2D eigenvalue weighted by atomic mass is 10.3. The van der Waals surface area contributed by atoms with Gasteiger partial charge in [0, 0.05) is 12.2 Å². The molecule has 0 unspecified atom stereocenters. The predicted molar refractivity (Wildman–Crippen MR) is 81.1 cm³/mol. The van der Waals surface area contributed by atoms with Gasteiger partial charge in [-0.15, -0.1) is 0 Å². The van der Waals surface area contributed by atoms with Crippen molar-refractivity contribution in [1.29, 1.82) is 0 Å².